The van der Waals surface area contributed by atoms with Crippen LogP contribution in [0.15, 0.2) is 54.6 Å². The van der Waals surface area contributed by atoms with Crippen molar-refractivity contribution in [1.82, 2.24) is 9.80 Å². The molecule has 1 heterocycles. The summed E-state index contributed by atoms with van der Waals surface area (Å²) in [5, 5.41) is 10.6. The fraction of sp³-hybridized carbons (Fsp3) is 0.385. The highest BCUT2D eigenvalue weighted by Crippen LogP contribution is 2.28. The van der Waals surface area contributed by atoms with Crippen molar-refractivity contribution in [3.05, 3.63) is 70.8 Å². The number of rotatable bonds is 8. The zero-order valence-electron chi connectivity index (χ0n) is 19.8. The molecule has 2 aromatic carbocycles. The molecule has 9 heteroatoms. The summed E-state index contributed by atoms with van der Waals surface area (Å²) in [5.74, 6) is -0.105. The zero-order valence-corrected chi connectivity index (χ0v) is 20.6. The van der Waals surface area contributed by atoms with Crippen LogP contribution in [0, 0.1) is 5.41 Å². The topological polar surface area (TPSA) is 59.4 Å². The zero-order chi connectivity index (χ0) is 25.6. The average Bonchev–Trinajstić information content (AvgIpc) is 2.84. The first-order chi connectivity index (χ1) is 16.6. The highest BCUT2D eigenvalue weighted by Gasteiger charge is 2.33. The van der Waals surface area contributed by atoms with Gasteiger partial charge in [0, 0.05) is 43.5 Å². The molecule has 1 unspecified atom stereocenters. The van der Waals surface area contributed by atoms with Gasteiger partial charge in [0.25, 0.3) is 5.91 Å². The predicted molar refractivity (Wildman–Crippen MR) is 135 cm³/mol. The number of carbonyl (C=O) groups excluding carboxylic acids is 1. The Hall–Kier alpha value is -2.84. The molecule has 0 spiro atoms. The number of hydrogen-bond donors (Lipinski definition) is 2. The summed E-state index contributed by atoms with van der Waals surface area (Å²) >= 11 is 6.16. The van der Waals surface area contributed by atoms with E-state index in [-0.39, 0.29) is 11.6 Å². The molecule has 0 radical (unpaired) electrons. The second kappa shape index (κ2) is 11.7. The van der Waals surface area contributed by atoms with Crippen LogP contribution in [-0.2, 0) is 0 Å². The van der Waals surface area contributed by atoms with E-state index in [0.29, 0.717) is 41.0 Å². The summed E-state index contributed by atoms with van der Waals surface area (Å²) < 4.78 is 39.2. The number of nitrogens with zero attached hydrogens (tertiary/aromatic N) is 2. The van der Waals surface area contributed by atoms with Crippen LogP contribution >= 0.6 is 11.6 Å². The predicted octanol–water partition coefficient (Wildman–Crippen LogP) is 6.32. The van der Waals surface area contributed by atoms with E-state index in [0.717, 1.165) is 32.0 Å². The van der Waals surface area contributed by atoms with E-state index in [1.165, 1.54) is 0 Å². The largest absolute Gasteiger partial charge is 0.432 e. The number of hydrogen-bond acceptors (Lipinski definition) is 4. The minimum Gasteiger partial charge on any atom is -0.354 e. The minimum atomic E-state index is -4.79. The Labute approximate surface area is 209 Å². The minimum absolute atomic E-state index is 0.0537. The lowest BCUT2D eigenvalue weighted by atomic mass is 10.1. The van der Waals surface area contributed by atoms with E-state index in [1.807, 2.05) is 4.90 Å². The van der Waals surface area contributed by atoms with E-state index >= 15 is 0 Å². The van der Waals surface area contributed by atoms with Gasteiger partial charge in [0.2, 0.25) is 0 Å². The lowest BCUT2D eigenvalue weighted by Gasteiger charge is -2.38. The first-order valence-corrected chi connectivity index (χ1v) is 12.0. The number of amides is 1. The van der Waals surface area contributed by atoms with Gasteiger partial charge in [-0.15, -0.1) is 0 Å². The molecule has 0 aromatic heterocycles. The first kappa shape index (κ1) is 26.8. The number of alkyl halides is 3. The fourth-order valence-corrected chi connectivity index (χ4v) is 4.25. The van der Waals surface area contributed by atoms with Crippen LogP contribution in [0.25, 0.3) is 5.70 Å². The lowest BCUT2D eigenvalue weighted by Crippen LogP contribution is -2.51. The second-order valence-electron chi connectivity index (χ2n) is 8.62. The third-order valence-corrected chi connectivity index (χ3v) is 6.44. The monoisotopic (exact) mass is 506 g/mol. The highest BCUT2D eigenvalue weighted by molar-refractivity contribution is 6.33. The standard InChI is InChI=1S/C26H30ClF3N4O/c1-3-6-18(2)33-13-15-34(16-14-33)25(35)20-11-9-19(10-12-20)23(17-24(31)26(28,29)30)32-22-8-5-4-7-21(22)27/h4-5,7-12,17-18,31-32H,3,6,13-16H2,1-2H3/b23-17-,31-24?. The number of carbonyl (C=O) groups is 1. The molecule has 1 aliphatic heterocycles. The van der Waals surface area contributed by atoms with Gasteiger partial charge in [-0.3, -0.25) is 15.1 Å². The van der Waals surface area contributed by atoms with Gasteiger partial charge in [0.05, 0.1) is 10.7 Å². The maximum absolute atomic E-state index is 13.1. The third-order valence-electron chi connectivity index (χ3n) is 6.11. The highest BCUT2D eigenvalue weighted by atomic mass is 35.5. The summed E-state index contributed by atoms with van der Waals surface area (Å²) in [6.45, 7) is 7.28. The van der Waals surface area contributed by atoms with Crippen LogP contribution in [0.5, 0.6) is 0 Å². The Kier molecular flexibility index (Phi) is 8.97. The normalized spacial score (nSPS) is 16.2. The molecule has 35 heavy (non-hydrogen) atoms. The number of benzene rings is 2. The average molecular weight is 507 g/mol. The van der Waals surface area contributed by atoms with Gasteiger partial charge in [-0.25, -0.2) is 0 Å². The lowest BCUT2D eigenvalue weighted by molar-refractivity contribution is -0.0583. The summed E-state index contributed by atoms with van der Waals surface area (Å²) in [6.07, 6.45) is -1.83. The smallest absolute Gasteiger partial charge is 0.354 e. The number of nitrogens with one attached hydrogen (secondary N) is 2. The van der Waals surface area contributed by atoms with Crippen LogP contribution in [-0.4, -0.2) is 59.8 Å². The molecule has 1 fully saturated rings. The van der Waals surface area contributed by atoms with E-state index in [1.54, 1.807) is 48.5 Å². The van der Waals surface area contributed by atoms with Crippen LogP contribution in [0.4, 0.5) is 18.9 Å². The van der Waals surface area contributed by atoms with Crippen LogP contribution < -0.4 is 5.32 Å². The third kappa shape index (κ3) is 7.08. The summed E-state index contributed by atoms with van der Waals surface area (Å²) in [4.78, 5) is 17.2. The van der Waals surface area contributed by atoms with E-state index < -0.39 is 11.9 Å². The first-order valence-electron chi connectivity index (χ1n) is 11.6. The Morgan fingerprint density at radius 1 is 1.09 bits per heavy atom. The van der Waals surface area contributed by atoms with Crippen molar-refractivity contribution in [3.63, 3.8) is 0 Å². The molecule has 188 valence electrons. The van der Waals surface area contributed by atoms with Crippen LogP contribution in [0.3, 0.4) is 0 Å². The molecule has 1 atom stereocenters. The van der Waals surface area contributed by atoms with Crippen LogP contribution in [0.1, 0.15) is 42.6 Å². The molecule has 3 rings (SSSR count). The molecule has 5 nitrogen and oxygen atoms in total. The molecule has 0 aliphatic carbocycles. The van der Waals surface area contributed by atoms with Gasteiger partial charge in [-0.05, 0) is 49.2 Å². The maximum atomic E-state index is 13.1. The van der Waals surface area contributed by atoms with Crippen molar-refractivity contribution < 1.29 is 18.0 Å². The summed E-state index contributed by atoms with van der Waals surface area (Å²) in [6, 6.07) is 13.5. The van der Waals surface area contributed by atoms with Gasteiger partial charge in [0.1, 0.15) is 5.71 Å². The van der Waals surface area contributed by atoms with E-state index in [9.17, 15) is 18.0 Å². The molecule has 0 bridgehead atoms. The van der Waals surface area contributed by atoms with Crippen molar-refractivity contribution in [1.29, 1.82) is 5.41 Å². The molecule has 1 amide bonds. The SMILES string of the molecule is CCCC(C)N1CCN(C(=O)c2ccc(/C(=C/C(=N)C(F)(F)F)Nc3ccccc3Cl)cc2)CC1. The maximum Gasteiger partial charge on any atom is 0.432 e. The van der Waals surface area contributed by atoms with Gasteiger partial charge >= 0.3 is 6.18 Å². The second-order valence-corrected chi connectivity index (χ2v) is 9.02. The fourth-order valence-electron chi connectivity index (χ4n) is 4.07. The number of para-hydroxylation sites is 1. The number of allylic oxidation sites excluding steroid dienone is 1. The van der Waals surface area contributed by atoms with Crippen molar-refractivity contribution >= 4 is 34.6 Å². The Morgan fingerprint density at radius 3 is 2.26 bits per heavy atom. The van der Waals surface area contributed by atoms with Crippen molar-refractivity contribution in [2.45, 2.75) is 38.9 Å². The molecule has 1 saturated heterocycles. The van der Waals surface area contributed by atoms with Gasteiger partial charge < -0.3 is 10.2 Å². The quantitative estimate of drug-likeness (QED) is 0.412. The number of anilines is 1. The van der Waals surface area contributed by atoms with Gasteiger partial charge in [-0.2, -0.15) is 13.2 Å². The van der Waals surface area contributed by atoms with Gasteiger partial charge in [0.15, 0.2) is 0 Å². The van der Waals surface area contributed by atoms with E-state index in [2.05, 4.69) is 24.1 Å². The molecular weight excluding hydrogens is 477 g/mol. The number of piperazine rings is 1. The van der Waals surface area contributed by atoms with Crippen molar-refractivity contribution in [2.75, 3.05) is 31.5 Å². The molecule has 1 aliphatic rings. The van der Waals surface area contributed by atoms with E-state index in [4.69, 9.17) is 17.0 Å². The molecule has 2 aromatic rings. The van der Waals surface area contributed by atoms with Crippen LogP contribution in [0.2, 0.25) is 5.02 Å². The Bertz CT molecular complexity index is 1060. The molecule has 2 N–H and O–H groups in total. The molecular formula is C26H30ClF3N4O. The Balaban J connectivity index is 1.77. The Morgan fingerprint density at radius 2 is 1.69 bits per heavy atom. The van der Waals surface area contributed by atoms with Gasteiger partial charge in [-0.1, -0.05) is 49.2 Å². The number of halogens is 4. The summed E-state index contributed by atoms with van der Waals surface area (Å²) in [7, 11) is 0. The van der Waals surface area contributed by atoms with Crippen molar-refractivity contribution in [2.24, 2.45) is 0 Å². The van der Waals surface area contributed by atoms with Crippen molar-refractivity contribution in [3.8, 4) is 0 Å². The molecule has 0 saturated carbocycles. The summed E-state index contributed by atoms with van der Waals surface area (Å²) in [5.41, 5.74) is -0.175.